The minimum Gasteiger partial charge on any atom is -0.490 e. The minimum absolute atomic E-state index is 0.153. The molecule has 0 radical (unpaired) electrons. The molecule has 0 fully saturated rings. The lowest BCUT2D eigenvalue weighted by atomic mass is 10.0. The van der Waals surface area contributed by atoms with Gasteiger partial charge in [0.05, 0.1) is 0 Å². The van der Waals surface area contributed by atoms with E-state index in [1.165, 1.54) is 4.90 Å². The van der Waals surface area contributed by atoms with Crippen LogP contribution in [0.25, 0.3) is 21.5 Å². The van der Waals surface area contributed by atoms with Crippen LogP contribution in [0.4, 0.5) is 0 Å². The predicted molar refractivity (Wildman–Crippen MR) is 140 cm³/mol. The van der Waals surface area contributed by atoms with Crippen molar-refractivity contribution in [1.82, 2.24) is 0 Å². The van der Waals surface area contributed by atoms with Crippen LogP contribution in [0.3, 0.4) is 0 Å². The lowest BCUT2D eigenvalue weighted by Crippen LogP contribution is -2.31. The summed E-state index contributed by atoms with van der Waals surface area (Å²) in [7, 11) is 0. The lowest BCUT2D eigenvalue weighted by Gasteiger charge is -2.21. The number of carbonyl (C=O) groups excluding carboxylic acids is 1. The van der Waals surface area contributed by atoms with Crippen LogP contribution in [0.1, 0.15) is 13.8 Å². The molecule has 4 aromatic rings. The Morgan fingerprint density at radius 1 is 0.882 bits per heavy atom. The van der Waals surface area contributed by atoms with Gasteiger partial charge in [0.2, 0.25) is 0 Å². The van der Waals surface area contributed by atoms with Gasteiger partial charge in [0, 0.05) is 21.2 Å². The Labute approximate surface area is 204 Å². The third-order valence-corrected chi connectivity index (χ3v) is 6.19. The molecule has 0 saturated carbocycles. The summed E-state index contributed by atoms with van der Waals surface area (Å²) in [5, 5.41) is 4.25. The van der Waals surface area contributed by atoms with Gasteiger partial charge in [-0.05, 0) is 53.8 Å². The van der Waals surface area contributed by atoms with E-state index in [-0.39, 0.29) is 13.2 Å². The Morgan fingerprint density at radius 2 is 1.59 bits per heavy atom. The highest BCUT2D eigenvalue weighted by atomic mass is 32.2. The average molecular weight is 473 g/mol. The summed E-state index contributed by atoms with van der Waals surface area (Å²) >= 11 is 1.79. The van der Waals surface area contributed by atoms with Crippen LogP contribution >= 0.6 is 11.8 Å². The van der Waals surface area contributed by atoms with Gasteiger partial charge < -0.3 is 14.2 Å². The van der Waals surface area contributed by atoms with Gasteiger partial charge in [-0.3, -0.25) is 0 Å². The Bertz CT molecular complexity index is 1300. The molecular formula is C29H28O4S. The van der Waals surface area contributed by atoms with Crippen LogP contribution in [0.2, 0.25) is 0 Å². The molecular weight excluding hydrogens is 444 g/mol. The number of para-hydroxylation sites is 1. The first kappa shape index (κ1) is 23.7. The first-order valence-electron chi connectivity index (χ1n) is 11.3. The van der Waals surface area contributed by atoms with E-state index in [4.69, 9.17) is 14.2 Å². The average Bonchev–Trinajstić information content (AvgIpc) is 2.85. The fourth-order valence-corrected chi connectivity index (χ4v) is 4.36. The zero-order valence-corrected chi connectivity index (χ0v) is 20.3. The summed E-state index contributed by atoms with van der Waals surface area (Å²) in [5.74, 6) is 2.01. The second kappa shape index (κ2) is 11.1. The highest BCUT2D eigenvalue weighted by molar-refractivity contribution is 7.99. The molecule has 0 aliphatic heterocycles. The van der Waals surface area contributed by atoms with E-state index in [2.05, 4.69) is 49.9 Å². The fraction of sp³-hybridized carbons (Fsp3) is 0.207. The predicted octanol–water partition coefficient (Wildman–Crippen LogP) is 7.05. The third-order valence-electron chi connectivity index (χ3n) is 5.31. The summed E-state index contributed by atoms with van der Waals surface area (Å²) in [4.78, 5) is 13.5. The van der Waals surface area contributed by atoms with Gasteiger partial charge >= 0.3 is 5.97 Å². The van der Waals surface area contributed by atoms with Crippen LogP contribution in [0, 0.1) is 0 Å². The van der Waals surface area contributed by atoms with Crippen molar-refractivity contribution in [3.05, 3.63) is 91.0 Å². The van der Waals surface area contributed by atoms with Crippen LogP contribution in [-0.2, 0) is 9.53 Å². The zero-order chi connectivity index (χ0) is 23.9. The molecule has 0 aromatic heterocycles. The number of esters is 1. The van der Waals surface area contributed by atoms with Gasteiger partial charge in [-0.2, -0.15) is 0 Å². The molecule has 1 atom stereocenters. The van der Waals surface area contributed by atoms with E-state index in [1.54, 1.807) is 18.7 Å². The van der Waals surface area contributed by atoms with Gasteiger partial charge in [0.25, 0.3) is 0 Å². The number of rotatable bonds is 10. The molecule has 5 heteroatoms. The van der Waals surface area contributed by atoms with Crippen molar-refractivity contribution in [3.63, 3.8) is 0 Å². The third kappa shape index (κ3) is 5.72. The van der Waals surface area contributed by atoms with E-state index < -0.39 is 12.1 Å². The molecule has 4 aromatic carbocycles. The quantitative estimate of drug-likeness (QED) is 0.107. The summed E-state index contributed by atoms with van der Waals surface area (Å²) in [6, 6.07) is 26.2. The second-order valence-corrected chi connectivity index (χ2v) is 9.32. The van der Waals surface area contributed by atoms with Crippen molar-refractivity contribution >= 4 is 39.3 Å². The van der Waals surface area contributed by atoms with Crippen LogP contribution in [0.5, 0.6) is 11.5 Å². The number of carbonyl (C=O) groups is 1. The Kier molecular flexibility index (Phi) is 7.76. The van der Waals surface area contributed by atoms with Gasteiger partial charge in [0.15, 0.2) is 6.10 Å². The molecule has 4 rings (SSSR count). The number of thioether (sulfide) groups is 1. The first-order chi connectivity index (χ1) is 16.5. The van der Waals surface area contributed by atoms with Gasteiger partial charge in [-0.15, -0.1) is 11.8 Å². The van der Waals surface area contributed by atoms with Crippen LogP contribution < -0.4 is 9.47 Å². The molecule has 4 nitrogen and oxygen atoms in total. The molecule has 174 valence electrons. The van der Waals surface area contributed by atoms with Gasteiger partial charge in [0.1, 0.15) is 24.7 Å². The van der Waals surface area contributed by atoms with E-state index in [0.29, 0.717) is 11.3 Å². The molecule has 0 amide bonds. The second-order valence-electron chi connectivity index (χ2n) is 7.99. The molecule has 0 N–H and O–H groups in total. The zero-order valence-electron chi connectivity index (χ0n) is 19.5. The van der Waals surface area contributed by atoms with E-state index in [0.717, 1.165) is 33.0 Å². The maximum Gasteiger partial charge on any atom is 0.333 e. The number of ether oxygens (including phenoxy) is 3. The number of fused-ring (bicyclic) bond motifs is 2. The smallest absolute Gasteiger partial charge is 0.333 e. The minimum atomic E-state index is -0.605. The Balaban J connectivity index is 1.64. The molecule has 1 unspecified atom stereocenters. The van der Waals surface area contributed by atoms with Crippen molar-refractivity contribution in [2.75, 3.05) is 19.0 Å². The molecule has 0 spiro atoms. The standard InChI is InChI=1S/C29H28O4S/c1-4-34-25-15-14-22-16-21-10-8-9-13-26(21)28(27(22)17-25)32-19-24(33-29(30)20(2)3)18-31-23-11-6-5-7-12-23/h5-17,24H,2,4,18-19H2,1,3H3. The normalized spacial score (nSPS) is 11.8. The summed E-state index contributed by atoms with van der Waals surface area (Å²) in [6.45, 7) is 7.78. The summed E-state index contributed by atoms with van der Waals surface area (Å²) in [5.41, 5.74) is 0.335. The fourth-order valence-electron chi connectivity index (χ4n) is 3.66. The van der Waals surface area contributed by atoms with Crippen molar-refractivity contribution in [3.8, 4) is 11.5 Å². The van der Waals surface area contributed by atoms with Crippen LogP contribution in [-0.4, -0.2) is 31.0 Å². The molecule has 34 heavy (non-hydrogen) atoms. The molecule has 0 heterocycles. The first-order valence-corrected chi connectivity index (χ1v) is 12.3. The maximum atomic E-state index is 12.3. The van der Waals surface area contributed by atoms with E-state index in [1.807, 2.05) is 42.5 Å². The molecule has 0 saturated heterocycles. The van der Waals surface area contributed by atoms with Crippen molar-refractivity contribution in [2.24, 2.45) is 0 Å². The van der Waals surface area contributed by atoms with Gasteiger partial charge in [-0.25, -0.2) is 4.79 Å². The highest BCUT2D eigenvalue weighted by Gasteiger charge is 2.19. The van der Waals surface area contributed by atoms with Crippen molar-refractivity contribution in [2.45, 2.75) is 24.8 Å². The van der Waals surface area contributed by atoms with Crippen molar-refractivity contribution < 1.29 is 19.0 Å². The molecule has 0 bridgehead atoms. The number of hydrogen-bond acceptors (Lipinski definition) is 5. The lowest BCUT2D eigenvalue weighted by molar-refractivity contribution is -0.147. The highest BCUT2D eigenvalue weighted by Crippen LogP contribution is 2.37. The summed E-state index contributed by atoms with van der Waals surface area (Å²) in [6.07, 6.45) is -0.605. The SMILES string of the molecule is C=C(C)C(=O)OC(COc1ccccc1)COc1c2ccccc2cc2ccc(SCC)cc12. The Morgan fingerprint density at radius 3 is 2.35 bits per heavy atom. The van der Waals surface area contributed by atoms with E-state index >= 15 is 0 Å². The molecule has 0 aliphatic rings. The summed E-state index contributed by atoms with van der Waals surface area (Å²) < 4.78 is 17.9. The van der Waals surface area contributed by atoms with Crippen molar-refractivity contribution in [1.29, 1.82) is 0 Å². The number of benzene rings is 4. The van der Waals surface area contributed by atoms with E-state index in [9.17, 15) is 4.79 Å². The monoisotopic (exact) mass is 472 g/mol. The Hall–Kier alpha value is -3.44. The van der Waals surface area contributed by atoms with Crippen LogP contribution in [0.15, 0.2) is 95.9 Å². The number of hydrogen-bond donors (Lipinski definition) is 0. The largest absolute Gasteiger partial charge is 0.490 e. The maximum absolute atomic E-state index is 12.3. The van der Waals surface area contributed by atoms with Gasteiger partial charge in [-0.1, -0.05) is 62.0 Å². The molecule has 0 aliphatic carbocycles. The topological polar surface area (TPSA) is 44.8 Å².